The van der Waals surface area contributed by atoms with Crippen molar-refractivity contribution in [3.63, 3.8) is 0 Å². The average Bonchev–Trinajstić information content (AvgIpc) is 3.14. The van der Waals surface area contributed by atoms with Gasteiger partial charge in [0.15, 0.2) is 5.96 Å². The second kappa shape index (κ2) is 11.0. The Balaban J connectivity index is 1.77. The van der Waals surface area contributed by atoms with Gasteiger partial charge in [-0.25, -0.2) is 0 Å². The van der Waals surface area contributed by atoms with Gasteiger partial charge in [0.2, 0.25) is 0 Å². The third-order valence-corrected chi connectivity index (χ3v) is 4.62. The molecule has 1 saturated heterocycles. The summed E-state index contributed by atoms with van der Waals surface area (Å²) in [5, 5.41) is 3.40. The number of ether oxygens (including phenoxy) is 1. The monoisotopic (exact) mass is 346 g/mol. The third-order valence-electron chi connectivity index (χ3n) is 4.62. The fourth-order valence-electron chi connectivity index (χ4n) is 3.19. The zero-order chi connectivity index (χ0) is 17.9. The van der Waals surface area contributed by atoms with Crippen LogP contribution < -0.4 is 10.1 Å². The minimum atomic E-state index is 0.837. The summed E-state index contributed by atoms with van der Waals surface area (Å²) in [4.78, 5) is 9.56. The molecule has 1 fully saturated rings. The number of nitrogens with one attached hydrogen (secondary N) is 1. The highest BCUT2D eigenvalue weighted by Gasteiger charge is 2.10. The lowest BCUT2D eigenvalue weighted by Gasteiger charge is -2.22. The van der Waals surface area contributed by atoms with E-state index in [-0.39, 0.29) is 0 Å². The van der Waals surface area contributed by atoms with Crippen LogP contribution >= 0.6 is 0 Å². The van der Waals surface area contributed by atoms with E-state index < -0.39 is 0 Å². The van der Waals surface area contributed by atoms with Gasteiger partial charge in [0, 0.05) is 26.7 Å². The van der Waals surface area contributed by atoms with Crippen molar-refractivity contribution in [3.8, 4) is 5.75 Å². The van der Waals surface area contributed by atoms with Crippen molar-refractivity contribution in [2.24, 2.45) is 4.99 Å². The van der Waals surface area contributed by atoms with Gasteiger partial charge in [-0.1, -0.05) is 12.1 Å². The van der Waals surface area contributed by atoms with Crippen molar-refractivity contribution >= 4 is 5.96 Å². The molecule has 5 nitrogen and oxygen atoms in total. The number of methoxy groups -OCH3 is 1. The number of benzene rings is 1. The smallest absolute Gasteiger partial charge is 0.193 e. The molecule has 140 valence electrons. The minimum absolute atomic E-state index is 0.837. The molecule has 1 aromatic carbocycles. The van der Waals surface area contributed by atoms with Crippen LogP contribution in [0.1, 0.15) is 38.2 Å². The topological polar surface area (TPSA) is 40.1 Å². The van der Waals surface area contributed by atoms with Gasteiger partial charge in [0.25, 0.3) is 0 Å². The zero-order valence-corrected chi connectivity index (χ0v) is 16.1. The van der Waals surface area contributed by atoms with Gasteiger partial charge in [-0.05, 0) is 69.9 Å². The fraction of sp³-hybridized carbons (Fsp3) is 0.650. The van der Waals surface area contributed by atoms with Crippen molar-refractivity contribution < 1.29 is 4.74 Å². The number of likely N-dealkylation sites (tertiary alicyclic amines) is 1. The van der Waals surface area contributed by atoms with Gasteiger partial charge in [0.1, 0.15) is 5.75 Å². The van der Waals surface area contributed by atoms with E-state index in [1.54, 1.807) is 7.11 Å². The molecule has 1 N–H and O–H groups in total. The maximum Gasteiger partial charge on any atom is 0.193 e. The lowest BCUT2D eigenvalue weighted by Crippen LogP contribution is -2.38. The standard InChI is InChI=1S/C20H34N4O/c1-4-21-20(22-13-5-6-14-24-15-7-8-16-24)23(2)17-18-9-11-19(25-3)12-10-18/h9-12H,4-8,13-17H2,1-3H3,(H,21,22). The van der Waals surface area contributed by atoms with E-state index in [9.17, 15) is 0 Å². The second-order valence-corrected chi connectivity index (χ2v) is 6.70. The first-order valence-corrected chi connectivity index (χ1v) is 9.57. The Bertz CT molecular complexity index is 509. The van der Waals surface area contributed by atoms with Gasteiger partial charge in [-0.15, -0.1) is 0 Å². The quantitative estimate of drug-likeness (QED) is 0.424. The molecule has 0 atom stereocenters. The first-order valence-electron chi connectivity index (χ1n) is 9.57. The van der Waals surface area contributed by atoms with Crippen LogP contribution in [-0.4, -0.2) is 62.6 Å². The van der Waals surface area contributed by atoms with Crippen LogP contribution in [0.5, 0.6) is 5.75 Å². The highest BCUT2D eigenvalue weighted by Crippen LogP contribution is 2.12. The summed E-state index contributed by atoms with van der Waals surface area (Å²) in [5.74, 6) is 1.88. The van der Waals surface area contributed by atoms with Crippen LogP contribution in [0.25, 0.3) is 0 Å². The molecule has 0 saturated carbocycles. The summed E-state index contributed by atoms with van der Waals surface area (Å²) in [6.07, 6.45) is 5.14. The van der Waals surface area contributed by atoms with Gasteiger partial charge >= 0.3 is 0 Å². The van der Waals surface area contributed by atoms with Gasteiger partial charge < -0.3 is 19.9 Å². The lowest BCUT2D eigenvalue weighted by molar-refractivity contribution is 0.331. The molecule has 1 aromatic rings. The third kappa shape index (κ3) is 6.94. The molecule has 0 radical (unpaired) electrons. The van der Waals surface area contributed by atoms with Crippen molar-refractivity contribution in [1.82, 2.24) is 15.1 Å². The van der Waals surface area contributed by atoms with Crippen LogP contribution in [-0.2, 0) is 6.54 Å². The highest BCUT2D eigenvalue weighted by molar-refractivity contribution is 5.79. The van der Waals surface area contributed by atoms with E-state index in [1.165, 1.54) is 44.5 Å². The van der Waals surface area contributed by atoms with E-state index in [4.69, 9.17) is 9.73 Å². The normalized spacial score (nSPS) is 15.4. The first kappa shape index (κ1) is 19.6. The molecule has 0 unspecified atom stereocenters. The summed E-state index contributed by atoms with van der Waals surface area (Å²) < 4.78 is 5.22. The molecular formula is C20H34N4O. The van der Waals surface area contributed by atoms with Crippen LogP contribution in [0.2, 0.25) is 0 Å². The van der Waals surface area contributed by atoms with Crippen molar-refractivity contribution in [2.45, 2.75) is 39.2 Å². The molecule has 0 amide bonds. The highest BCUT2D eigenvalue weighted by atomic mass is 16.5. The average molecular weight is 347 g/mol. The van der Waals surface area contributed by atoms with Crippen LogP contribution in [0, 0.1) is 0 Å². The van der Waals surface area contributed by atoms with Crippen LogP contribution in [0.3, 0.4) is 0 Å². The molecule has 0 aliphatic carbocycles. The van der Waals surface area contributed by atoms with Gasteiger partial charge in [-0.2, -0.15) is 0 Å². The number of nitrogens with zero attached hydrogens (tertiary/aromatic N) is 3. The minimum Gasteiger partial charge on any atom is -0.497 e. The molecule has 1 heterocycles. The number of hydrogen-bond acceptors (Lipinski definition) is 3. The van der Waals surface area contributed by atoms with Crippen LogP contribution in [0.4, 0.5) is 0 Å². The summed E-state index contributed by atoms with van der Waals surface area (Å²) in [6.45, 7) is 8.54. The van der Waals surface area contributed by atoms with E-state index in [2.05, 4.69) is 41.2 Å². The summed E-state index contributed by atoms with van der Waals surface area (Å²) >= 11 is 0. The predicted molar refractivity (Wildman–Crippen MR) is 105 cm³/mol. The molecule has 5 heteroatoms. The Hall–Kier alpha value is -1.75. The number of aliphatic imine (C=N–C) groups is 1. The Morgan fingerprint density at radius 2 is 1.92 bits per heavy atom. The molecule has 1 aliphatic heterocycles. The Morgan fingerprint density at radius 3 is 2.56 bits per heavy atom. The molecule has 2 rings (SSSR count). The van der Waals surface area contributed by atoms with Gasteiger partial charge in [-0.3, -0.25) is 4.99 Å². The molecule has 0 bridgehead atoms. The zero-order valence-electron chi connectivity index (χ0n) is 16.1. The summed E-state index contributed by atoms with van der Waals surface area (Å²) in [6, 6.07) is 8.22. The van der Waals surface area contributed by atoms with Crippen molar-refractivity contribution in [3.05, 3.63) is 29.8 Å². The summed E-state index contributed by atoms with van der Waals surface area (Å²) in [7, 11) is 3.79. The number of unbranched alkanes of at least 4 members (excludes halogenated alkanes) is 1. The molecular weight excluding hydrogens is 312 g/mol. The van der Waals surface area contributed by atoms with Crippen LogP contribution in [0.15, 0.2) is 29.3 Å². The lowest BCUT2D eigenvalue weighted by atomic mass is 10.2. The molecule has 25 heavy (non-hydrogen) atoms. The number of rotatable bonds is 9. The number of guanidine groups is 1. The molecule has 0 spiro atoms. The first-order chi connectivity index (χ1) is 12.2. The Morgan fingerprint density at radius 1 is 1.20 bits per heavy atom. The fourth-order valence-corrected chi connectivity index (χ4v) is 3.19. The predicted octanol–water partition coefficient (Wildman–Crippen LogP) is 2.97. The Kier molecular flexibility index (Phi) is 8.60. The van der Waals surface area contributed by atoms with Crippen molar-refractivity contribution in [1.29, 1.82) is 0 Å². The van der Waals surface area contributed by atoms with E-state index >= 15 is 0 Å². The van der Waals surface area contributed by atoms with E-state index in [0.29, 0.717) is 0 Å². The maximum atomic E-state index is 5.22. The van der Waals surface area contributed by atoms with Crippen molar-refractivity contribution in [2.75, 3.05) is 46.9 Å². The van der Waals surface area contributed by atoms with E-state index in [0.717, 1.165) is 37.8 Å². The van der Waals surface area contributed by atoms with Gasteiger partial charge in [0.05, 0.1) is 7.11 Å². The summed E-state index contributed by atoms with van der Waals surface area (Å²) in [5.41, 5.74) is 1.25. The molecule has 0 aromatic heterocycles. The number of hydrogen-bond donors (Lipinski definition) is 1. The maximum absolute atomic E-state index is 5.22. The largest absolute Gasteiger partial charge is 0.497 e. The Labute approximate surface area is 153 Å². The SMILES string of the molecule is CCNC(=NCCCCN1CCCC1)N(C)Cc1ccc(OC)cc1. The second-order valence-electron chi connectivity index (χ2n) is 6.70. The van der Waals surface area contributed by atoms with E-state index in [1.807, 2.05) is 12.1 Å². The molecule has 1 aliphatic rings.